The lowest BCUT2D eigenvalue weighted by atomic mass is 9.97. The number of aliphatic hydroxyl groups is 1. The first-order chi connectivity index (χ1) is 8.72. The van der Waals surface area contributed by atoms with Crippen molar-refractivity contribution in [2.75, 3.05) is 26.3 Å². The summed E-state index contributed by atoms with van der Waals surface area (Å²) in [5.74, 6) is 0. The summed E-state index contributed by atoms with van der Waals surface area (Å²) in [5.41, 5.74) is -0.0893. The van der Waals surface area contributed by atoms with Crippen molar-refractivity contribution in [3.8, 4) is 0 Å². The number of hydrogen-bond acceptors (Lipinski definition) is 4. The SMILES string of the molecule is CC1CC(CO)(NCC2CCCO2)CN1C1CC1. The molecule has 0 radical (unpaired) electrons. The van der Waals surface area contributed by atoms with Gasteiger partial charge in [-0.15, -0.1) is 0 Å². The van der Waals surface area contributed by atoms with E-state index in [4.69, 9.17) is 4.74 Å². The smallest absolute Gasteiger partial charge is 0.0700 e. The quantitative estimate of drug-likeness (QED) is 0.760. The van der Waals surface area contributed by atoms with Crippen LogP contribution in [0.3, 0.4) is 0 Å². The molecule has 4 nitrogen and oxygen atoms in total. The van der Waals surface area contributed by atoms with E-state index >= 15 is 0 Å². The molecular formula is C14H26N2O2. The van der Waals surface area contributed by atoms with Crippen LogP contribution in [0, 0.1) is 0 Å². The Labute approximate surface area is 110 Å². The Kier molecular flexibility index (Phi) is 3.63. The Morgan fingerprint density at radius 2 is 2.22 bits per heavy atom. The minimum atomic E-state index is -0.0893. The number of aliphatic hydroxyl groups excluding tert-OH is 1. The molecule has 18 heavy (non-hydrogen) atoms. The summed E-state index contributed by atoms with van der Waals surface area (Å²) in [5, 5.41) is 13.4. The molecule has 2 saturated heterocycles. The fraction of sp³-hybridized carbons (Fsp3) is 1.00. The molecule has 104 valence electrons. The van der Waals surface area contributed by atoms with Crippen LogP contribution in [0.1, 0.15) is 39.0 Å². The van der Waals surface area contributed by atoms with Crippen LogP contribution in [0.15, 0.2) is 0 Å². The zero-order valence-corrected chi connectivity index (χ0v) is 11.4. The van der Waals surface area contributed by atoms with E-state index in [2.05, 4.69) is 17.1 Å². The van der Waals surface area contributed by atoms with Crippen LogP contribution in [0.5, 0.6) is 0 Å². The highest BCUT2D eigenvalue weighted by molar-refractivity contribution is 5.05. The summed E-state index contributed by atoms with van der Waals surface area (Å²) in [7, 11) is 0. The van der Waals surface area contributed by atoms with E-state index in [9.17, 15) is 5.11 Å². The van der Waals surface area contributed by atoms with Crippen LogP contribution in [-0.4, -0.2) is 60.0 Å². The van der Waals surface area contributed by atoms with E-state index in [-0.39, 0.29) is 12.1 Å². The average molecular weight is 254 g/mol. The molecule has 3 rings (SSSR count). The maximum atomic E-state index is 9.80. The maximum absolute atomic E-state index is 9.80. The van der Waals surface area contributed by atoms with Crippen molar-refractivity contribution in [2.45, 2.75) is 62.8 Å². The van der Waals surface area contributed by atoms with E-state index in [1.165, 1.54) is 19.3 Å². The van der Waals surface area contributed by atoms with Crippen LogP contribution in [0.25, 0.3) is 0 Å². The zero-order valence-electron chi connectivity index (χ0n) is 11.4. The van der Waals surface area contributed by atoms with Crippen molar-refractivity contribution in [2.24, 2.45) is 0 Å². The Morgan fingerprint density at radius 1 is 1.39 bits per heavy atom. The number of ether oxygens (including phenoxy) is 1. The van der Waals surface area contributed by atoms with Crippen molar-refractivity contribution in [1.82, 2.24) is 10.2 Å². The van der Waals surface area contributed by atoms with Gasteiger partial charge in [0.25, 0.3) is 0 Å². The van der Waals surface area contributed by atoms with Crippen molar-refractivity contribution in [3.63, 3.8) is 0 Å². The lowest BCUT2D eigenvalue weighted by Gasteiger charge is -2.30. The molecule has 0 spiro atoms. The Balaban J connectivity index is 1.56. The molecule has 2 heterocycles. The first-order valence-electron chi connectivity index (χ1n) is 7.46. The minimum Gasteiger partial charge on any atom is -0.394 e. The zero-order chi connectivity index (χ0) is 12.6. The number of likely N-dealkylation sites (tertiary alicyclic amines) is 1. The van der Waals surface area contributed by atoms with Crippen LogP contribution < -0.4 is 5.32 Å². The second-order valence-electron chi connectivity index (χ2n) is 6.41. The van der Waals surface area contributed by atoms with Gasteiger partial charge in [0, 0.05) is 31.8 Å². The maximum Gasteiger partial charge on any atom is 0.0700 e. The molecule has 0 amide bonds. The summed E-state index contributed by atoms with van der Waals surface area (Å²) in [4.78, 5) is 2.58. The first kappa shape index (κ1) is 12.9. The fourth-order valence-corrected chi connectivity index (χ4v) is 3.58. The topological polar surface area (TPSA) is 44.7 Å². The molecule has 0 aromatic rings. The van der Waals surface area contributed by atoms with E-state index in [1.54, 1.807) is 0 Å². The van der Waals surface area contributed by atoms with Crippen molar-refractivity contribution in [3.05, 3.63) is 0 Å². The van der Waals surface area contributed by atoms with Crippen LogP contribution in [-0.2, 0) is 4.74 Å². The fourth-order valence-electron chi connectivity index (χ4n) is 3.58. The molecule has 3 aliphatic rings. The molecule has 4 heteroatoms. The molecule has 0 bridgehead atoms. The van der Waals surface area contributed by atoms with Crippen LogP contribution >= 0.6 is 0 Å². The van der Waals surface area contributed by atoms with Crippen LogP contribution in [0.2, 0.25) is 0 Å². The lowest BCUT2D eigenvalue weighted by molar-refractivity contribution is 0.0885. The monoisotopic (exact) mass is 254 g/mol. The second kappa shape index (κ2) is 5.08. The molecule has 2 aliphatic heterocycles. The predicted molar refractivity (Wildman–Crippen MR) is 70.6 cm³/mol. The summed E-state index contributed by atoms with van der Waals surface area (Å²) in [6.07, 6.45) is 6.46. The first-order valence-corrected chi connectivity index (χ1v) is 7.46. The molecule has 0 aromatic carbocycles. The van der Waals surface area contributed by atoms with Gasteiger partial charge < -0.3 is 15.2 Å². The summed E-state index contributed by atoms with van der Waals surface area (Å²) in [6.45, 7) is 5.34. The molecule has 2 N–H and O–H groups in total. The highest BCUT2D eigenvalue weighted by atomic mass is 16.5. The van der Waals surface area contributed by atoms with Crippen molar-refractivity contribution < 1.29 is 9.84 Å². The van der Waals surface area contributed by atoms with E-state index < -0.39 is 0 Å². The molecule has 3 unspecified atom stereocenters. The van der Waals surface area contributed by atoms with Gasteiger partial charge in [-0.3, -0.25) is 4.90 Å². The van der Waals surface area contributed by atoms with E-state index in [0.717, 1.165) is 38.6 Å². The molecule has 3 fully saturated rings. The van der Waals surface area contributed by atoms with E-state index in [1.807, 2.05) is 0 Å². The van der Waals surface area contributed by atoms with Crippen molar-refractivity contribution >= 4 is 0 Å². The molecule has 1 saturated carbocycles. The third-order valence-electron chi connectivity index (χ3n) is 4.78. The normalized spacial score (nSPS) is 41.7. The number of nitrogens with one attached hydrogen (secondary N) is 1. The number of nitrogens with zero attached hydrogens (tertiary/aromatic N) is 1. The average Bonchev–Trinajstić information content (AvgIpc) is 2.97. The summed E-state index contributed by atoms with van der Waals surface area (Å²) in [6, 6.07) is 1.39. The van der Waals surface area contributed by atoms with Gasteiger partial charge in [0.05, 0.1) is 18.2 Å². The highest BCUT2D eigenvalue weighted by Crippen LogP contribution is 2.37. The highest BCUT2D eigenvalue weighted by Gasteiger charge is 2.46. The van der Waals surface area contributed by atoms with Gasteiger partial charge in [0.15, 0.2) is 0 Å². The molecular weight excluding hydrogens is 228 g/mol. The molecule has 0 aromatic heterocycles. The third kappa shape index (κ3) is 2.57. The Bertz CT molecular complexity index is 290. The Hall–Kier alpha value is -0.160. The molecule has 3 atom stereocenters. The summed E-state index contributed by atoms with van der Waals surface area (Å²) >= 11 is 0. The standard InChI is InChI=1S/C14H26N2O2/c1-11-7-14(10-17,9-16(11)12-4-5-12)15-8-13-3-2-6-18-13/h11-13,15,17H,2-10H2,1H3. The largest absolute Gasteiger partial charge is 0.394 e. The van der Waals surface area contributed by atoms with Gasteiger partial charge >= 0.3 is 0 Å². The Morgan fingerprint density at radius 3 is 2.83 bits per heavy atom. The van der Waals surface area contributed by atoms with Gasteiger partial charge in [-0.25, -0.2) is 0 Å². The second-order valence-corrected chi connectivity index (χ2v) is 6.41. The summed E-state index contributed by atoms with van der Waals surface area (Å²) < 4.78 is 5.66. The lowest BCUT2D eigenvalue weighted by Crippen LogP contribution is -2.53. The number of rotatable bonds is 5. The van der Waals surface area contributed by atoms with Gasteiger partial charge in [0.2, 0.25) is 0 Å². The molecule has 1 aliphatic carbocycles. The minimum absolute atomic E-state index is 0.0893. The van der Waals surface area contributed by atoms with Gasteiger partial charge in [-0.1, -0.05) is 0 Å². The predicted octanol–water partition coefficient (Wildman–Crippen LogP) is 0.743. The van der Waals surface area contributed by atoms with Gasteiger partial charge in [-0.2, -0.15) is 0 Å². The van der Waals surface area contributed by atoms with Crippen LogP contribution in [0.4, 0.5) is 0 Å². The van der Waals surface area contributed by atoms with Crippen molar-refractivity contribution in [1.29, 1.82) is 0 Å². The third-order valence-corrected chi connectivity index (χ3v) is 4.78. The van der Waals surface area contributed by atoms with E-state index in [0.29, 0.717) is 12.1 Å². The van der Waals surface area contributed by atoms with Gasteiger partial charge in [0.1, 0.15) is 0 Å². The number of hydrogen-bond donors (Lipinski definition) is 2. The van der Waals surface area contributed by atoms with Gasteiger partial charge in [-0.05, 0) is 39.0 Å².